The van der Waals surface area contributed by atoms with Crippen molar-refractivity contribution in [2.75, 3.05) is 20.2 Å². The number of rotatable bonds is 6. The fraction of sp³-hybridized carbons (Fsp3) is 0.591. The van der Waals surface area contributed by atoms with Crippen molar-refractivity contribution in [1.82, 2.24) is 25.4 Å². The van der Waals surface area contributed by atoms with E-state index in [-0.39, 0.29) is 6.10 Å². The standard InChI is InChI=1S/C22H32N6O/c1-16-25-21-12-11-18(15-28(21)27-16)26-22(23-2)24-13-6-14-29-20-10-5-8-17-7-3-4-9-19(17)20/h3-4,7,9,18,20H,5-6,8,10-15H2,1-2H3,(H2,23,24,26). The van der Waals surface area contributed by atoms with Gasteiger partial charge < -0.3 is 15.4 Å². The molecule has 0 radical (unpaired) electrons. The van der Waals surface area contributed by atoms with Gasteiger partial charge in [-0.1, -0.05) is 24.3 Å². The molecule has 1 aromatic heterocycles. The minimum Gasteiger partial charge on any atom is -0.373 e. The first-order valence-electron chi connectivity index (χ1n) is 10.8. The van der Waals surface area contributed by atoms with E-state index in [1.807, 2.05) is 18.7 Å². The fourth-order valence-electron chi connectivity index (χ4n) is 4.33. The van der Waals surface area contributed by atoms with Gasteiger partial charge in [0.2, 0.25) is 0 Å². The maximum absolute atomic E-state index is 6.20. The highest BCUT2D eigenvalue weighted by atomic mass is 16.5. The molecule has 2 atom stereocenters. The van der Waals surface area contributed by atoms with Crippen LogP contribution in [0.2, 0.25) is 0 Å². The van der Waals surface area contributed by atoms with Crippen molar-refractivity contribution in [2.24, 2.45) is 4.99 Å². The topological polar surface area (TPSA) is 76.4 Å². The Morgan fingerprint density at radius 3 is 3.07 bits per heavy atom. The molecule has 7 nitrogen and oxygen atoms in total. The second kappa shape index (κ2) is 9.39. The van der Waals surface area contributed by atoms with Gasteiger partial charge in [-0.3, -0.25) is 4.99 Å². The highest BCUT2D eigenvalue weighted by molar-refractivity contribution is 5.79. The molecule has 2 unspecified atom stereocenters. The van der Waals surface area contributed by atoms with Crippen LogP contribution in [-0.2, 0) is 24.1 Å². The third-order valence-electron chi connectivity index (χ3n) is 5.78. The van der Waals surface area contributed by atoms with Gasteiger partial charge in [0.1, 0.15) is 11.6 Å². The molecule has 1 aliphatic heterocycles. The zero-order valence-electron chi connectivity index (χ0n) is 17.5. The van der Waals surface area contributed by atoms with Gasteiger partial charge in [0.05, 0.1) is 12.6 Å². The van der Waals surface area contributed by atoms with Crippen LogP contribution in [0.5, 0.6) is 0 Å². The van der Waals surface area contributed by atoms with Gasteiger partial charge in [-0.25, -0.2) is 9.67 Å². The Labute approximate surface area is 173 Å². The number of nitrogens with one attached hydrogen (secondary N) is 2. The van der Waals surface area contributed by atoms with E-state index in [4.69, 9.17) is 4.74 Å². The van der Waals surface area contributed by atoms with Gasteiger partial charge in [-0.2, -0.15) is 5.10 Å². The summed E-state index contributed by atoms with van der Waals surface area (Å²) in [6.45, 7) is 4.38. The van der Waals surface area contributed by atoms with Crippen LogP contribution in [0, 0.1) is 6.92 Å². The van der Waals surface area contributed by atoms with E-state index in [1.54, 1.807) is 0 Å². The highest BCUT2D eigenvalue weighted by Gasteiger charge is 2.22. The molecule has 0 bridgehead atoms. The average molecular weight is 397 g/mol. The number of benzene rings is 1. The molecule has 7 heteroatoms. The summed E-state index contributed by atoms with van der Waals surface area (Å²) < 4.78 is 8.21. The summed E-state index contributed by atoms with van der Waals surface area (Å²) >= 11 is 0. The van der Waals surface area contributed by atoms with Crippen molar-refractivity contribution in [1.29, 1.82) is 0 Å². The Morgan fingerprint density at radius 2 is 2.17 bits per heavy atom. The number of hydrogen-bond donors (Lipinski definition) is 2. The predicted molar refractivity (Wildman–Crippen MR) is 114 cm³/mol. The first-order chi connectivity index (χ1) is 14.2. The van der Waals surface area contributed by atoms with Crippen LogP contribution in [0.25, 0.3) is 0 Å². The Hall–Kier alpha value is -2.41. The summed E-state index contributed by atoms with van der Waals surface area (Å²) in [5.41, 5.74) is 2.83. The molecule has 0 spiro atoms. The number of aryl methyl sites for hydroxylation is 3. The summed E-state index contributed by atoms with van der Waals surface area (Å²) in [6, 6.07) is 9.02. The maximum Gasteiger partial charge on any atom is 0.191 e. The minimum atomic E-state index is 0.250. The molecule has 0 saturated carbocycles. The van der Waals surface area contributed by atoms with Crippen LogP contribution in [0.1, 0.15) is 54.6 Å². The highest BCUT2D eigenvalue weighted by Crippen LogP contribution is 2.32. The van der Waals surface area contributed by atoms with E-state index in [9.17, 15) is 0 Å². The van der Waals surface area contributed by atoms with Crippen LogP contribution in [0.3, 0.4) is 0 Å². The largest absolute Gasteiger partial charge is 0.373 e. The number of guanidine groups is 1. The first-order valence-corrected chi connectivity index (χ1v) is 10.8. The molecule has 0 amide bonds. The van der Waals surface area contributed by atoms with E-state index < -0.39 is 0 Å². The van der Waals surface area contributed by atoms with Crippen molar-refractivity contribution in [3.63, 3.8) is 0 Å². The van der Waals surface area contributed by atoms with Crippen LogP contribution in [0.15, 0.2) is 29.3 Å². The summed E-state index contributed by atoms with van der Waals surface area (Å²) in [5.74, 6) is 2.78. The summed E-state index contributed by atoms with van der Waals surface area (Å²) in [7, 11) is 1.82. The van der Waals surface area contributed by atoms with Gasteiger partial charge in [0, 0.05) is 32.7 Å². The van der Waals surface area contributed by atoms with Gasteiger partial charge in [0.25, 0.3) is 0 Å². The molecule has 2 aliphatic rings. The van der Waals surface area contributed by atoms with Gasteiger partial charge in [-0.15, -0.1) is 0 Å². The van der Waals surface area contributed by atoms with E-state index in [1.165, 1.54) is 24.0 Å². The molecule has 0 fully saturated rings. The van der Waals surface area contributed by atoms with E-state index in [0.717, 1.165) is 63.0 Å². The molecular weight excluding hydrogens is 364 g/mol. The third-order valence-corrected chi connectivity index (χ3v) is 5.78. The number of nitrogens with zero attached hydrogens (tertiary/aromatic N) is 4. The molecule has 4 rings (SSSR count). The van der Waals surface area contributed by atoms with Gasteiger partial charge >= 0.3 is 0 Å². The number of hydrogen-bond acceptors (Lipinski definition) is 4. The van der Waals surface area contributed by atoms with E-state index >= 15 is 0 Å². The molecule has 29 heavy (non-hydrogen) atoms. The lowest BCUT2D eigenvalue weighted by Gasteiger charge is -2.26. The second-order valence-electron chi connectivity index (χ2n) is 7.94. The minimum absolute atomic E-state index is 0.250. The summed E-state index contributed by atoms with van der Waals surface area (Å²) in [5, 5.41) is 11.4. The Balaban J connectivity index is 1.18. The lowest BCUT2D eigenvalue weighted by molar-refractivity contribution is 0.0398. The van der Waals surface area contributed by atoms with Crippen molar-refractivity contribution in [3.05, 3.63) is 47.0 Å². The van der Waals surface area contributed by atoms with Crippen LogP contribution >= 0.6 is 0 Å². The third kappa shape index (κ3) is 4.96. The predicted octanol–water partition coefficient (Wildman–Crippen LogP) is 2.55. The normalized spacial score (nSPS) is 21.4. The van der Waals surface area contributed by atoms with Crippen molar-refractivity contribution in [3.8, 4) is 0 Å². The smallest absolute Gasteiger partial charge is 0.191 e. The lowest BCUT2D eigenvalue weighted by Crippen LogP contribution is -2.47. The molecule has 1 aliphatic carbocycles. The molecule has 2 N–H and O–H groups in total. The molecule has 156 valence electrons. The zero-order chi connectivity index (χ0) is 20.1. The summed E-state index contributed by atoms with van der Waals surface area (Å²) in [6.07, 6.45) is 6.71. The Bertz CT molecular complexity index is 846. The SMILES string of the molecule is CN=C(NCCCOC1CCCc2ccccc21)NC1CCc2nc(C)nn2C1. The van der Waals surface area contributed by atoms with Gasteiger partial charge in [0.15, 0.2) is 5.96 Å². The number of aliphatic imine (C=N–C) groups is 1. The molecular formula is C22H32N6O. The van der Waals surface area contributed by atoms with Crippen LogP contribution < -0.4 is 10.6 Å². The molecule has 0 saturated heterocycles. The molecule has 1 aromatic carbocycles. The van der Waals surface area contributed by atoms with Crippen molar-refractivity contribution >= 4 is 5.96 Å². The molecule has 2 aromatic rings. The zero-order valence-corrected chi connectivity index (χ0v) is 17.5. The van der Waals surface area contributed by atoms with E-state index in [0.29, 0.717) is 6.04 Å². The van der Waals surface area contributed by atoms with Gasteiger partial charge in [-0.05, 0) is 50.2 Å². The quantitative estimate of drug-likeness (QED) is 0.446. The molecule has 2 heterocycles. The number of fused-ring (bicyclic) bond motifs is 2. The monoisotopic (exact) mass is 396 g/mol. The van der Waals surface area contributed by atoms with E-state index in [2.05, 4.69) is 50.0 Å². The van der Waals surface area contributed by atoms with Crippen molar-refractivity contribution in [2.45, 2.75) is 64.1 Å². The number of ether oxygens (including phenoxy) is 1. The maximum atomic E-state index is 6.20. The Morgan fingerprint density at radius 1 is 1.28 bits per heavy atom. The second-order valence-corrected chi connectivity index (χ2v) is 7.94. The average Bonchev–Trinajstić information content (AvgIpc) is 3.12. The van der Waals surface area contributed by atoms with Crippen LogP contribution in [-0.4, -0.2) is 47.0 Å². The van der Waals surface area contributed by atoms with Crippen LogP contribution in [0.4, 0.5) is 0 Å². The first kappa shape index (κ1) is 19.9. The lowest BCUT2D eigenvalue weighted by atomic mass is 9.89. The van der Waals surface area contributed by atoms with Crippen molar-refractivity contribution < 1.29 is 4.74 Å². The fourth-order valence-corrected chi connectivity index (χ4v) is 4.33. The number of aromatic nitrogens is 3. The Kier molecular flexibility index (Phi) is 6.44. The summed E-state index contributed by atoms with van der Waals surface area (Å²) in [4.78, 5) is 8.84.